The van der Waals surface area contributed by atoms with Crippen LogP contribution in [0.1, 0.15) is 73.1 Å². The summed E-state index contributed by atoms with van der Waals surface area (Å²) in [5.41, 5.74) is -1.80. The number of carbonyl (C=O) groups excluding carboxylic acids is 2. The Balaban J connectivity index is 2.58. The Morgan fingerprint density at radius 2 is 1.55 bits per heavy atom. The molecule has 0 bridgehead atoms. The molecule has 1 rings (SSSR count). The van der Waals surface area contributed by atoms with Crippen LogP contribution in [-0.4, -0.2) is 23.6 Å². The van der Waals surface area contributed by atoms with E-state index in [4.69, 9.17) is 9.47 Å². The van der Waals surface area contributed by atoms with E-state index in [1.54, 1.807) is 13.8 Å². The molecule has 0 atom stereocenters. The third kappa shape index (κ3) is 4.50. The van der Waals surface area contributed by atoms with Crippen molar-refractivity contribution in [2.75, 3.05) is 0 Å². The highest BCUT2D eigenvalue weighted by Gasteiger charge is 2.39. The molecule has 0 amide bonds. The van der Waals surface area contributed by atoms with Gasteiger partial charge in [-0.15, -0.1) is 0 Å². The van der Waals surface area contributed by atoms with Gasteiger partial charge in [-0.2, -0.15) is 0 Å². The first-order valence-electron chi connectivity index (χ1n) is 7.63. The van der Waals surface area contributed by atoms with Crippen LogP contribution >= 0.6 is 0 Å². The summed E-state index contributed by atoms with van der Waals surface area (Å²) < 4.78 is 10.9. The average Bonchev–Trinajstić information content (AvgIpc) is 2.39. The van der Waals surface area contributed by atoms with Gasteiger partial charge in [0, 0.05) is 0 Å². The monoisotopic (exact) mass is 284 g/mol. The fourth-order valence-electron chi connectivity index (χ4n) is 2.03. The standard InChI is InChI=1S/C16H28O4/c1-6-15(2,3)13(17)20-16(4,5)14(18)19-12-10-8-7-9-11-12/h12H,6-11H2,1-5H3. The van der Waals surface area contributed by atoms with Crippen molar-refractivity contribution in [3.8, 4) is 0 Å². The van der Waals surface area contributed by atoms with E-state index in [9.17, 15) is 9.59 Å². The van der Waals surface area contributed by atoms with Crippen LogP contribution in [0.3, 0.4) is 0 Å². The molecule has 0 aromatic carbocycles. The Bertz CT molecular complexity index is 351. The fourth-order valence-corrected chi connectivity index (χ4v) is 2.03. The van der Waals surface area contributed by atoms with Gasteiger partial charge >= 0.3 is 11.9 Å². The van der Waals surface area contributed by atoms with Gasteiger partial charge in [0.15, 0.2) is 0 Å². The molecule has 116 valence electrons. The summed E-state index contributed by atoms with van der Waals surface area (Å²) in [6.07, 6.45) is 5.87. The lowest BCUT2D eigenvalue weighted by molar-refractivity contribution is -0.188. The molecule has 4 heteroatoms. The molecular weight excluding hydrogens is 256 g/mol. The minimum absolute atomic E-state index is 0.0200. The molecule has 0 aromatic heterocycles. The summed E-state index contributed by atoms with van der Waals surface area (Å²) in [5.74, 6) is -0.796. The third-order valence-electron chi connectivity index (χ3n) is 4.10. The normalized spacial score (nSPS) is 17.6. The number of ether oxygens (including phenoxy) is 2. The first-order chi connectivity index (χ1) is 9.19. The molecule has 0 saturated heterocycles. The van der Waals surface area contributed by atoms with Crippen molar-refractivity contribution >= 4 is 11.9 Å². The molecular formula is C16H28O4. The van der Waals surface area contributed by atoms with E-state index in [2.05, 4.69) is 0 Å². The Morgan fingerprint density at radius 3 is 2.05 bits per heavy atom. The van der Waals surface area contributed by atoms with Crippen molar-refractivity contribution in [3.63, 3.8) is 0 Å². The van der Waals surface area contributed by atoms with E-state index in [1.165, 1.54) is 6.42 Å². The molecule has 0 heterocycles. The summed E-state index contributed by atoms with van der Waals surface area (Å²) in [4.78, 5) is 24.3. The minimum Gasteiger partial charge on any atom is -0.459 e. The Morgan fingerprint density at radius 1 is 1.00 bits per heavy atom. The molecule has 0 aromatic rings. The van der Waals surface area contributed by atoms with Gasteiger partial charge in [-0.1, -0.05) is 13.3 Å². The lowest BCUT2D eigenvalue weighted by Crippen LogP contribution is -2.43. The van der Waals surface area contributed by atoms with Crippen LogP contribution in [0.15, 0.2) is 0 Å². The predicted octanol–water partition coefficient (Wildman–Crippen LogP) is 3.62. The summed E-state index contributed by atoms with van der Waals surface area (Å²) in [5, 5.41) is 0. The minimum atomic E-state index is -1.22. The third-order valence-corrected chi connectivity index (χ3v) is 4.10. The summed E-state index contributed by atoms with van der Waals surface area (Å²) in [6.45, 7) is 8.76. The van der Waals surface area contributed by atoms with Crippen molar-refractivity contribution in [3.05, 3.63) is 0 Å². The maximum absolute atomic E-state index is 12.2. The molecule has 1 aliphatic carbocycles. The summed E-state index contributed by atoms with van der Waals surface area (Å²) in [7, 11) is 0. The van der Waals surface area contributed by atoms with Crippen LogP contribution in [0.5, 0.6) is 0 Å². The highest BCUT2D eigenvalue weighted by atomic mass is 16.6. The molecule has 4 nitrogen and oxygen atoms in total. The van der Waals surface area contributed by atoms with Crippen molar-refractivity contribution < 1.29 is 19.1 Å². The molecule has 0 spiro atoms. The number of esters is 2. The molecule has 1 fully saturated rings. The maximum atomic E-state index is 12.2. The van der Waals surface area contributed by atoms with Gasteiger partial charge in [0.25, 0.3) is 0 Å². The van der Waals surface area contributed by atoms with Gasteiger partial charge in [0.1, 0.15) is 6.10 Å². The molecule has 20 heavy (non-hydrogen) atoms. The SMILES string of the molecule is CCC(C)(C)C(=O)OC(C)(C)C(=O)OC1CCCCC1. The summed E-state index contributed by atoms with van der Waals surface area (Å²) >= 11 is 0. The first-order valence-corrected chi connectivity index (χ1v) is 7.63. The van der Waals surface area contributed by atoms with E-state index < -0.39 is 17.0 Å². The lowest BCUT2D eigenvalue weighted by Gasteiger charge is -2.31. The van der Waals surface area contributed by atoms with Gasteiger partial charge in [-0.25, -0.2) is 4.79 Å². The highest BCUT2D eigenvalue weighted by Crippen LogP contribution is 2.27. The van der Waals surface area contributed by atoms with Crippen molar-refractivity contribution in [1.29, 1.82) is 0 Å². The van der Waals surface area contributed by atoms with Crippen molar-refractivity contribution in [2.45, 2.75) is 84.8 Å². The van der Waals surface area contributed by atoms with E-state index >= 15 is 0 Å². The second kappa shape index (κ2) is 6.59. The molecule has 0 N–H and O–H groups in total. The van der Waals surface area contributed by atoms with Crippen LogP contribution in [-0.2, 0) is 19.1 Å². The highest BCUT2D eigenvalue weighted by molar-refractivity contribution is 5.84. The topological polar surface area (TPSA) is 52.6 Å². The fraction of sp³-hybridized carbons (Fsp3) is 0.875. The second-order valence-electron chi connectivity index (χ2n) is 6.80. The van der Waals surface area contributed by atoms with Crippen molar-refractivity contribution in [1.82, 2.24) is 0 Å². The zero-order valence-corrected chi connectivity index (χ0v) is 13.5. The molecule has 0 aliphatic heterocycles. The van der Waals surface area contributed by atoms with E-state index in [-0.39, 0.29) is 12.1 Å². The molecule has 0 radical (unpaired) electrons. The smallest absolute Gasteiger partial charge is 0.350 e. The van der Waals surface area contributed by atoms with Gasteiger partial charge in [-0.05, 0) is 59.8 Å². The van der Waals surface area contributed by atoms with Crippen LogP contribution < -0.4 is 0 Å². The second-order valence-corrected chi connectivity index (χ2v) is 6.80. The summed E-state index contributed by atoms with van der Waals surface area (Å²) in [6, 6.07) is 0. The number of hydrogen-bond acceptors (Lipinski definition) is 4. The van der Waals surface area contributed by atoms with Gasteiger partial charge < -0.3 is 9.47 Å². The average molecular weight is 284 g/mol. The zero-order valence-electron chi connectivity index (χ0n) is 13.5. The quantitative estimate of drug-likeness (QED) is 0.723. The van der Waals surface area contributed by atoms with E-state index in [1.807, 2.05) is 20.8 Å². The first kappa shape index (κ1) is 17.0. The van der Waals surface area contributed by atoms with E-state index in [0.29, 0.717) is 6.42 Å². The largest absolute Gasteiger partial charge is 0.459 e. The Kier molecular flexibility index (Phi) is 5.60. The van der Waals surface area contributed by atoms with Crippen LogP contribution in [0.2, 0.25) is 0 Å². The maximum Gasteiger partial charge on any atom is 0.350 e. The van der Waals surface area contributed by atoms with Crippen LogP contribution in [0.4, 0.5) is 0 Å². The molecule has 0 unspecified atom stereocenters. The van der Waals surface area contributed by atoms with Gasteiger partial charge in [0.05, 0.1) is 5.41 Å². The van der Waals surface area contributed by atoms with Crippen LogP contribution in [0, 0.1) is 5.41 Å². The molecule has 1 saturated carbocycles. The number of rotatable bonds is 5. The Hall–Kier alpha value is -1.06. The predicted molar refractivity (Wildman–Crippen MR) is 77.2 cm³/mol. The van der Waals surface area contributed by atoms with Crippen LogP contribution in [0.25, 0.3) is 0 Å². The Labute approximate surface area is 122 Å². The van der Waals surface area contributed by atoms with E-state index in [0.717, 1.165) is 25.7 Å². The zero-order chi connectivity index (χ0) is 15.4. The van der Waals surface area contributed by atoms with Gasteiger partial charge in [0.2, 0.25) is 5.60 Å². The molecule has 1 aliphatic rings. The number of hydrogen-bond donors (Lipinski definition) is 0. The number of carbonyl (C=O) groups is 2. The van der Waals surface area contributed by atoms with Crippen molar-refractivity contribution in [2.24, 2.45) is 5.41 Å². The van der Waals surface area contributed by atoms with Gasteiger partial charge in [-0.3, -0.25) is 4.79 Å². The lowest BCUT2D eigenvalue weighted by atomic mass is 9.90.